The van der Waals surface area contributed by atoms with Gasteiger partial charge in [-0.2, -0.15) is 0 Å². The molecule has 0 bridgehead atoms. The molecule has 4 heteroatoms. The molecule has 0 saturated carbocycles. The quantitative estimate of drug-likeness (QED) is 0.832. The highest BCUT2D eigenvalue weighted by Crippen LogP contribution is 2.19. The van der Waals surface area contributed by atoms with E-state index in [0.717, 1.165) is 16.8 Å². The molecule has 0 unspecified atom stereocenters. The van der Waals surface area contributed by atoms with Gasteiger partial charge in [0, 0.05) is 23.8 Å². The number of aliphatic hydroxyl groups is 1. The summed E-state index contributed by atoms with van der Waals surface area (Å²) in [4.78, 5) is 2.05. The molecule has 20 heavy (non-hydrogen) atoms. The van der Waals surface area contributed by atoms with Gasteiger partial charge in [-0.3, -0.25) is 4.90 Å². The van der Waals surface area contributed by atoms with Crippen molar-refractivity contribution in [3.8, 4) is 0 Å². The molecule has 0 heterocycles. The van der Waals surface area contributed by atoms with Crippen LogP contribution in [-0.4, -0.2) is 23.6 Å². The SMILES string of the molecule is CN(Cc1ccccc1N)C[C@@H](O)c1ccc(Cl)cc1. The van der Waals surface area contributed by atoms with E-state index in [1.165, 1.54) is 0 Å². The molecule has 1 atom stereocenters. The van der Waals surface area contributed by atoms with E-state index >= 15 is 0 Å². The summed E-state index contributed by atoms with van der Waals surface area (Å²) in [5, 5.41) is 10.9. The van der Waals surface area contributed by atoms with E-state index in [1.54, 1.807) is 12.1 Å². The van der Waals surface area contributed by atoms with Gasteiger partial charge in [-0.25, -0.2) is 0 Å². The Morgan fingerprint density at radius 3 is 2.45 bits per heavy atom. The zero-order valence-electron chi connectivity index (χ0n) is 11.5. The minimum atomic E-state index is -0.540. The van der Waals surface area contributed by atoms with Crippen molar-refractivity contribution in [2.75, 3.05) is 19.3 Å². The van der Waals surface area contributed by atoms with Crippen molar-refractivity contribution in [2.45, 2.75) is 12.6 Å². The molecule has 0 amide bonds. The fourth-order valence-corrected chi connectivity index (χ4v) is 2.25. The third kappa shape index (κ3) is 3.97. The zero-order chi connectivity index (χ0) is 14.5. The van der Waals surface area contributed by atoms with Crippen LogP contribution in [0.15, 0.2) is 48.5 Å². The summed E-state index contributed by atoms with van der Waals surface area (Å²) in [5.74, 6) is 0. The Hall–Kier alpha value is -1.55. The average Bonchev–Trinajstić information content (AvgIpc) is 2.42. The normalized spacial score (nSPS) is 12.6. The molecule has 0 spiro atoms. The predicted molar refractivity (Wildman–Crippen MR) is 83.6 cm³/mol. The Morgan fingerprint density at radius 1 is 1.15 bits per heavy atom. The summed E-state index contributed by atoms with van der Waals surface area (Å²) >= 11 is 5.84. The molecule has 3 nitrogen and oxygen atoms in total. The molecule has 106 valence electrons. The Morgan fingerprint density at radius 2 is 1.80 bits per heavy atom. The highest BCUT2D eigenvalue weighted by Gasteiger charge is 2.11. The van der Waals surface area contributed by atoms with Crippen LogP contribution in [0.5, 0.6) is 0 Å². The summed E-state index contributed by atoms with van der Waals surface area (Å²) in [6.07, 6.45) is -0.540. The van der Waals surface area contributed by atoms with Crippen molar-refractivity contribution in [2.24, 2.45) is 0 Å². The Kier molecular flexibility index (Phi) is 5.01. The van der Waals surface area contributed by atoms with Crippen LogP contribution in [-0.2, 0) is 6.54 Å². The summed E-state index contributed by atoms with van der Waals surface area (Å²) in [5.41, 5.74) is 8.63. The maximum absolute atomic E-state index is 10.2. The molecule has 0 aliphatic rings. The van der Waals surface area contributed by atoms with Gasteiger partial charge in [-0.05, 0) is 36.4 Å². The number of hydrogen-bond acceptors (Lipinski definition) is 3. The first-order valence-corrected chi connectivity index (χ1v) is 6.89. The fraction of sp³-hybridized carbons (Fsp3) is 0.250. The lowest BCUT2D eigenvalue weighted by Gasteiger charge is -2.21. The maximum Gasteiger partial charge on any atom is 0.0916 e. The summed E-state index contributed by atoms with van der Waals surface area (Å²) in [6.45, 7) is 1.24. The van der Waals surface area contributed by atoms with Crippen LogP contribution in [0.1, 0.15) is 17.2 Å². The first-order chi connectivity index (χ1) is 9.56. The molecule has 0 fully saturated rings. The minimum Gasteiger partial charge on any atom is -0.398 e. The highest BCUT2D eigenvalue weighted by molar-refractivity contribution is 6.30. The molecule has 2 aromatic rings. The second-order valence-electron chi connectivity index (χ2n) is 4.96. The smallest absolute Gasteiger partial charge is 0.0916 e. The topological polar surface area (TPSA) is 49.5 Å². The van der Waals surface area contributed by atoms with Crippen molar-refractivity contribution >= 4 is 17.3 Å². The van der Waals surface area contributed by atoms with Crippen molar-refractivity contribution in [1.82, 2.24) is 4.90 Å². The van der Waals surface area contributed by atoms with Gasteiger partial charge in [0.05, 0.1) is 6.10 Å². The molecule has 2 aromatic carbocycles. The van der Waals surface area contributed by atoms with Gasteiger partial charge in [0.25, 0.3) is 0 Å². The van der Waals surface area contributed by atoms with E-state index in [4.69, 9.17) is 17.3 Å². The number of anilines is 1. The number of benzene rings is 2. The summed E-state index contributed by atoms with van der Waals surface area (Å²) in [6, 6.07) is 15.0. The Bertz CT molecular complexity index is 557. The second kappa shape index (κ2) is 6.75. The molecular weight excluding hydrogens is 272 g/mol. The minimum absolute atomic E-state index is 0.538. The number of nitrogen functional groups attached to an aromatic ring is 1. The summed E-state index contributed by atoms with van der Waals surface area (Å²) in [7, 11) is 1.96. The number of hydrogen-bond donors (Lipinski definition) is 2. The third-order valence-electron chi connectivity index (χ3n) is 3.23. The highest BCUT2D eigenvalue weighted by atomic mass is 35.5. The molecule has 0 aliphatic carbocycles. The average molecular weight is 291 g/mol. The van der Waals surface area contributed by atoms with Gasteiger partial charge in [0.15, 0.2) is 0 Å². The zero-order valence-corrected chi connectivity index (χ0v) is 12.2. The first-order valence-electron chi connectivity index (χ1n) is 6.51. The van der Waals surface area contributed by atoms with Crippen molar-refractivity contribution in [1.29, 1.82) is 0 Å². The Labute approximate surface area is 124 Å². The molecule has 0 radical (unpaired) electrons. The first kappa shape index (κ1) is 14.9. The largest absolute Gasteiger partial charge is 0.398 e. The second-order valence-corrected chi connectivity index (χ2v) is 5.40. The molecule has 0 saturated heterocycles. The molecule has 0 aromatic heterocycles. The Balaban J connectivity index is 1.96. The lowest BCUT2D eigenvalue weighted by molar-refractivity contribution is 0.124. The van der Waals surface area contributed by atoms with Gasteiger partial charge < -0.3 is 10.8 Å². The van der Waals surface area contributed by atoms with Crippen LogP contribution in [0.3, 0.4) is 0 Å². The maximum atomic E-state index is 10.2. The summed E-state index contributed by atoms with van der Waals surface area (Å²) < 4.78 is 0. The van der Waals surface area contributed by atoms with E-state index in [1.807, 2.05) is 48.3 Å². The van der Waals surface area contributed by atoms with Gasteiger partial charge in [0.2, 0.25) is 0 Å². The fourth-order valence-electron chi connectivity index (χ4n) is 2.12. The van der Waals surface area contributed by atoms with E-state index in [9.17, 15) is 5.11 Å². The van der Waals surface area contributed by atoms with Gasteiger partial charge in [0.1, 0.15) is 0 Å². The lowest BCUT2D eigenvalue weighted by Crippen LogP contribution is -2.24. The van der Waals surface area contributed by atoms with E-state index in [-0.39, 0.29) is 0 Å². The van der Waals surface area contributed by atoms with Crippen LogP contribution in [0, 0.1) is 0 Å². The van der Waals surface area contributed by atoms with Crippen LogP contribution in [0.2, 0.25) is 5.02 Å². The number of para-hydroxylation sites is 1. The molecule has 0 aliphatic heterocycles. The van der Waals surface area contributed by atoms with Crippen LogP contribution in [0.25, 0.3) is 0 Å². The number of nitrogens with two attached hydrogens (primary N) is 1. The van der Waals surface area contributed by atoms with Crippen LogP contribution < -0.4 is 5.73 Å². The van der Waals surface area contributed by atoms with E-state index < -0.39 is 6.10 Å². The lowest BCUT2D eigenvalue weighted by atomic mass is 10.1. The third-order valence-corrected chi connectivity index (χ3v) is 3.49. The van der Waals surface area contributed by atoms with E-state index in [2.05, 4.69) is 0 Å². The van der Waals surface area contributed by atoms with Crippen molar-refractivity contribution in [3.63, 3.8) is 0 Å². The van der Waals surface area contributed by atoms with Gasteiger partial charge in [-0.15, -0.1) is 0 Å². The standard InChI is InChI=1S/C16H19ClN2O/c1-19(10-13-4-2-3-5-15(13)18)11-16(20)12-6-8-14(17)9-7-12/h2-9,16,20H,10-11,18H2,1H3/t16-/m1/s1. The number of aliphatic hydroxyl groups excluding tert-OH is 1. The number of halogens is 1. The van der Waals surface area contributed by atoms with Crippen LogP contribution in [0.4, 0.5) is 5.69 Å². The monoisotopic (exact) mass is 290 g/mol. The number of nitrogens with zero attached hydrogens (tertiary/aromatic N) is 1. The van der Waals surface area contributed by atoms with Crippen LogP contribution >= 0.6 is 11.6 Å². The van der Waals surface area contributed by atoms with Crippen molar-refractivity contribution < 1.29 is 5.11 Å². The number of rotatable bonds is 5. The van der Waals surface area contributed by atoms with Gasteiger partial charge >= 0.3 is 0 Å². The van der Waals surface area contributed by atoms with Crippen molar-refractivity contribution in [3.05, 3.63) is 64.7 Å². The predicted octanol–water partition coefficient (Wildman–Crippen LogP) is 3.09. The molecule has 3 N–H and O–H groups in total. The molecular formula is C16H19ClN2O. The van der Waals surface area contributed by atoms with Gasteiger partial charge in [-0.1, -0.05) is 41.9 Å². The molecule has 2 rings (SSSR count). The van der Waals surface area contributed by atoms with E-state index in [0.29, 0.717) is 18.1 Å². The number of likely N-dealkylation sites (N-methyl/N-ethyl adjacent to an activating group) is 1.